The maximum atomic E-state index is 13.9. The Bertz CT molecular complexity index is 716. The second-order valence-electron chi connectivity index (χ2n) is 4.91. The van der Waals surface area contributed by atoms with Crippen LogP contribution in [0.15, 0.2) is 47.8 Å². The molecule has 0 aliphatic carbocycles. The topological polar surface area (TPSA) is 12.0 Å². The Morgan fingerprint density at radius 2 is 2.00 bits per heavy atom. The van der Waals surface area contributed by atoms with Gasteiger partial charge in [-0.15, -0.1) is 22.7 Å². The van der Waals surface area contributed by atoms with E-state index in [9.17, 15) is 4.39 Å². The smallest absolute Gasteiger partial charge is 0.131 e. The summed E-state index contributed by atoms with van der Waals surface area (Å²) in [4.78, 5) is 3.63. The third kappa shape index (κ3) is 3.59. The van der Waals surface area contributed by atoms with Gasteiger partial charge in [0.2, 0.25) is 0 Å². The highest BCUT2D eigenvalue weighted by Crippen LogP contribution is 2.28. The molecule has 0 spiro atoms. The lowest BCUT2D eigenvalue weighted by Crippen LogP contribution is -2.11. The molecule has 0 saturated carbocycles. The molecule has 0 aliphatic heterocycles. The highest BCUT2D eigenvalue weighted by molar-refractivity contribution is 7.13. The van der Waals surface area contributed by atoms with E-state index in [0.717, 1.165) is 23.5 Å². The van der Waals surface area contributed by atoms with Crippen molar-refractivity contribution in [3.63, 3.8) is 0 Å². The first-order valence-corrected chi connectivity index (χ1v) is 8.50. The van der Waals surface area contributed by atoms with Crippen molar-refractivity contribution in [2.45, 2.75) is 20.0 Å². The molecule has 0 aliphatic rings. The van der Waals surface area contributed by atoms with Crippen LogP contribution in [0.3, 0.4) is 0 Å². The lowest BCUT2D eigenvalue weighted by Gasteiger charge is -2.07. The van der Waals surface area contributed by atoms with Crippen LogP contribution >= 0.6 is 22.7 Å². The summed E-state index contributed by atoms with van der Waals surface area (Å²) in [5, 5.41) is 5.39. The van der Waals surface area contributed by atoms with Crippen molar-refractivity contribution < 1.29 is 4.39 Å². The Kier molecular flexibility index (Phi) is 4.48. The fourth-order valence-electron chi connectivity index (χ4n) is 2.21. The van der Waals surface area contributed by atoms with E-state index < -0.39 is 0 Å². The number of halogens is 1. The van der Waals surface area contributed by atoms with E-state index in [1.165, 1.54) is 9.75 Å². The van der Waals surface area contributed by atoms with E-state index in [4.69, 9.17) is 0 Å². The molecule has 3 rings (SSSR count). The molecule has 2 aromatic heterocycles. The van der Waals surface area contributed by atoms with Crippen molar-refractivity contribution >= 4 is 22.7 Å². The summed E-state index contributed by atoms with van der Waals surface area (Å²) >= 11 is 3.37. The molecule has 0 fully saturated rings. The Hall–Kier alpha value is -1.49. The van der Waals surface area contributed by atoms with Gasteiger partial charge in [0.25, 0.3) is 0 Å². The van der Waals surface area contributed by atoms with Crippen LogP contribution in [0.4, 0.5) is 4.39 Å². The lowest BCUT2D eigenvalue weighted by atomic mass is 10.1. The van der Waals surface area contributed by atoms with Gasteiger partial charge >= 0.3 is 0 Å². The van der Waals surface area contributed by atoms with E-state index in [2.05, 4.69) is 24.4 Å². The fourth-order valence-corrected chi connectivity index (χ4v) is 3.82. The Morgan fingerprint density at radius 3 is 2.71 bits per heavy atom. The predicted molar refractivity (Wildman–Crippen MR) is 89.3 cm³/mol. The van der Waals surface area contributed by atoms with Crippen LogP contribution in [0.25, 0.3) is 10.4 Å². The molecule has 0 atom stereocenters. The van der Waals surface area contributed by atoms with E-state index in [1.54, 1.807) is 28.7 Å². The molecular formula is C17H16FNS2. The van der Waals surface area contributed by atoms with Crippen LogP contribution in [-0.4, -0.2) is 0 Å². The number of aryl methyl sites for hydroxylation is 1. The molecule has 0 radical (unpaired) electrons. The first kappa shape index (κ1) is 14.4. The van der Waals surface area contributed by atoms with Crippen molar-refractivity contribution in [1.29, 1.82) is 0 Å². The third-order valence-electron chi connectivity index (χ3n) is 3.24. The summed E-state index contributed by atoms with van der Waals surface area (Å²) in [7, 11) is 0. The zero-order valence-electron chi connectivity index (χ0n) is 11.7. The number of hydrogen-bond donors (Lipinski definition) is 1. The van der Waals surface area contributed by atoms with Crippen LogP contribution in [0, 0.1) is 12.7 Å². The number of benzene rings is 1. The summed E-state index contributed by atoms with van der Waals surface area (Å²) < 4.78 is 13.9. The van der Waals surface area contributed by atoms with Crippen LogP contribution < -0.4 is 5.32 Å². The summed E-state index contributed by atoms with van der Waals surface area (Å²) in [5.41, 5.74) is 1.80. The van der Waals surface area contributed by atoms with Gasteiger partial charge in [0.15, 0.2) is 0 Å². The second-order valence-corrected chi connectivity index (χ2v) is 7.23. The van der Waals surface area contributed by atoms with Gasteiger partial charge in [-0.2, -0.15) is 0 Å². The van der Waals surface area contributed by atoms with Gasteiger partial charge in [0.1, 0.15) is 5.82 Å². The van der Waals surface area contributed by atoms with Crippen molar-refractivity contribution in [3.8, 4) is 10.4 Å². The first-order valence-electron chi connectivity index (χ1n) is 6.81. The highest BCUT2D eigenvalue weighted by Gasteiger charge is 2.07. The minimum atomic E-state index is -0.157. The molecule has 21 heavy (non-hydrogen) atoms. The zero-order valence-corrected chi connectivity index (χ0v) is 13.4. The van der Waals surface area contributed by atoms with Crippen LogP contribution in [-0.2, 0) is 13.1 Å². The highest BCUT2D eigenvalue weighted by atomic mass is 32.1. The molecule has 4 heteroatoms. The van der Waals surface area contributed by atoms with Crippen molar-refractivity contribution in [1.82, 2.24) is 5.32 Å². The Labute approximate surface area is 132 Å². The average Bonchev–Trinajstić information content (AvgIpc) is 3.12. The quantitative estimate of drug-likeness (QED) is 0.681. The number of nitrogens with one attached hydrogen (secondary N) is 1. The molecule has 108 valence electrons. The SMILES string of the molecule is Cc1ccc(CNCc2ccc(F)c(-c3cccs3)c2)s1. The van der Waals surface area contributed by atoms with Gasteiger partial charge in [-0.1, -0.05) is 12.1 Å². The molecule has 1 aromatic carbocycles. The van der Waals surface area contributed by atoms with E-state index in [-0.39, 0.29) is 5.82 Å². The van der Waals surface area contributed by atoms with E-state index in [1.807, 2.05) is 29.6 Å². The predicted octanol–water partition coefficient (Wildman–Crippen LogP) is 5.21. The Morgan fingerprint density at radius 1 is 1.10 bits per heavy atom. The first-order chi connectivity index (χ1) is 10.2. The summed E-state index contributed by atoms with van der Waals surface area (Å²) in [6, 6.07) is 13.5. The standard InChI is InChI=1S/C17H16FNS2/c1-12-4-6-14(21-12)11-19-10-13-5-7-16(18)15(9-13)17-3-2-8-20-17/h2-9,19H,10-11H2,1H3. The average molecular weight is 317 g/mol. The lowest BCUT2D eigenvalue weighted by molar-refractivity contribution is 0.629. The molecule has 3 aromatic rings. The number of rotatable bonds is 5. The minimum Gasteiger partial charge on any atom is -0.308 e. The van der Waals surface area contributed by atoms with Gasteiger partial charge in [-0.25, -0.2) is 4.39 Å². The third-order valence-corrected chi connectivity index (χ3v) is 5.15. The normalized spacial score (nSPS) is 11.0. The molecule has 1 N–H and O–H groups in total. The second kappa shape index (κ2) is 6.52. The largest absolute Gasteiger partial charge is 0.308 e. The number of hydrogen-bond acceptors (Lipinski definition) is 3. The molecular weight excluding hydrogens is 301 g/mol. The van der Waals surface area contributed by atoms with Gasteiger partial charge in [0, 0.05) is 33.3 Å². The Balaban J connectivity index is 1.67. The van der Waals surface area contributed by atoms with Gasteiger partial charge in [-0.05, 0) is 48.2 Å². The zero-order chi connectivity index (χ0) is 14.7. The van der Waals surface area contributed by atoms with E-state index in [0.29, 0.717) is 5.56 Å². The van der Waals surface area contributed by atoms with Crippen molar-refractivity contribution in [2.75, 3.05) is 0 Å². The van der Waals surface area contributed by atoms with Crippen molar-refractivity contribution in [2.24, 2.45) is 0 Å². The van der Waals surface area contributed by atoms with Crippen LogP contribution in [0.1, 0.15) is 15.3 Å². The maximum absolute atomic E-state index is 13.9. The molecule has 0 unspecified atom stereocenters. The monoisotopic (exact) mass is 317 g/mol. The molecule has 0 bridgehead atoms. The summed E-state index contributed by atoms with van der Waals surface area (Å²) in [6.45, 7) is 3.71. The van der Waals surface area contributed by atoms with E-state index >= 15 is 0 Å². The van der Waals surface area contributed by atoms with Crippen LogP contribution in [0.5, 0.6) is 0 Å². The molecule has 0 amide bonds. The van der Waals surface area contributed by atoms with Crippen molar-refractivity contribution in [3.05, 3.63) is 69.0 Å². The van der Waals surface area contributed by atoms with Gasteiger partial charge < -0.3 is 5.32 Å². The number of thiophene rings is 2. The fraction of sp³-hybridized carbons (Fsp3) is 0.176. The molecule has 1 nitrogen and oxygen atoms in total. The summed E-state index contributed by atoms with van der Waals surface area (Å²) in [6.07, 6.45) is 0. The maximum Gasteiger partial charge on any atom is 0.131 e. The minimum absolute atomic E-state index is 0.157. The molecule has 0 saturated heterocycles. The van der Waals surface area contributed by atoms with Gasteiger partial charge in [-0.3, -0.25) is 0 Å². The van der Waals surface area contributed by atoms with Gasteiger partial charge in [0.05, 0.1) is 0 Å². The van der Waals surface area contributed by atoms with Crippen LogP contribution in [0.2, 0.25) is 0 Å². The molecule has 2 heterocycles. The summed E-state index contributed by atoms with van der Waals surface area (Å²) in [5.74, 6) is -0.157.